The summed E-state index contributed by atoms with van der Waals surface area (Å²) in [7, 11) is 0. The number of anilines is 1. The number of likely N-dealkylation sites (tertiary alicyclic amines) is 1. The van der Waals surface area contributed by atoms with Crippen molar-refractivity contribution in [3.8, 4) is 12.3 Å². The third-order valence-electron chi connectivity index (χ3n) is 5.45. The number of piperidine rings is 1. The van der Waals surface area contributed by atoms with Crippen molar-refractivity contribution in [1.29, 1.82) is 0 Å². The number of nitrogens with zero attached hydrogens (tertiary/aromatic N) is 3. The average molecular weight is 370 g/mol. The summed E-state index contributed by atoms with van der Waals surface area (Å²) in [6.07, 6.45) is 13.4. The highest BCUT2D eigenvalue weighted by Crippen LogP contribution is 2.36. The number of ether oxygens (including phenoxy) is 1. The number of hydrogen-bond acceptors (Lipinski definition) is 4. The van der Waals surface area contributed by atoms with Gasteiger partial charge in [0.1, 0.15) is 5.60 Å². The SMILES string of the molecule is C#CCCC1CCN(c2ccncc2C2CN(C(=O)OC(C)(C)C)C2)CC1. The molecule has 0 aromatic carbocycles. The molecule has 27 heavy (non-hydrogen) atoms. The van der Waals surface area contributed by atoms with Crippen LogP contribution in [0.3, 0.4) is 0 Å². The van der Waals surface area contributed by atoms with E-state index in [0.29, 0.717) is 19.0 Å². The highest BCUT2D eigenvalue weighted by Gasteiger charge is 2.36. The van der Waals surface area contributed by atoms with Crippen molar-refractivity contribution in [2.75, 3.05) is 31.1 Å². The van der Waals surface area contributed by atoms with E-state index in [-0.39, 0.29) is 6.09 Å². The van der Waals surface area contributed by atoms with Gasteiger partial charge in [-0.3, -0.25) is 4.98 Å². The van der Waals surface area contributed by atoms with Crippen molar-refractivity contribution >= 4 is 11.8 Å². The molecule has 2 aliphatic heterocycles. The molecule has 2 aliphatic rings. The summed E-state index contributed by atoms with van der Waals surface area (Å²) in [5, 5.41) is 0. The summed E-state index contributed by atoms with van der Waals surface area (Å²) in [5.74, 6) is 3.84. The highest BCUT2D eigenvalue weighted by atomic mass is 16.6. The second kappa shape index (κ2) is 8.21. The zero-order valence-electron chi connectivity index (χ0n) is 16.8. The quantitative estimate of drug-likeness (QED) is 0.751. The van der Waals surface area contributed by atoms with Crippen LogP contribution in [0.5, 0.6) is 0 Å². The minimum Gasteiger partial charge on any atom is -0.444 e. The Kier molecular flexibility index (Phi) is 5.94. The molecule has 0 saturated carbocycles. The third-order valence-corrected chi connectivity index (χ3v) is 5.45. The minimum atomic E-state index is -0.453. The first-order chi connectivity index (χ1) is 12.9. The monoisotopic (exact) mass is 369 g/mol. The van der Waals surface area contributed by atoms with Gasteiger partial charge in [-0.25, -0.2) is 4.79 Å². The lowest BCUT2D eigenvalue weighted by atomic mass is 9.89. The number of hydrogen-bond donors (Lipinski definition) is 0. The predicted molar refractivity (Wildman–Crippen MR) is 108 cm³/mol. The van der Waals surface area contributed by atoms with E-state index in [1.807, 2.05) is 33.2 Å². The maximum absolute atomic E-state index is 12.2. The molecule has 0 atom stereocenters. The molecule has 1 amide bonds. The molecule has 2 saturated heterocycles. The van der Waals surface area contributed by atoms with Gasteiger partial charge in [0.15, 0.2) is 0 Å². The van der Waals surface area contributed by atoms with Crippen molar-refractivity contribution in [2.24, 2.45) is 5.92 Å². The fraction of sp³-hybridized carbons (Fsp3) is 0.636. The van der Waals surface area contributed by atoms with Gasteiger partial charge >= 0.3 is 6.09 Å². The van der Waals surface area contributed by atoms with Gasteiger partial charge in [0.05, 0.1) is 0 Å². The van der Waals surface area contributed by atoms with E-state index in [2.05, 4.69) is 21.9 Å². The Labute approximate surface area is 163 Å². The number of pyridine rings is 1. The van der Waals surface area contributed by atoms with Crippen LogP contribution in [0.4, 0.5) is 10.5 Å². The molecule has 146 valence electrons. The van der Waals surface area contributed by atoms with E-state index in [4.69, 9.17) is 11.2 Å². The molecule has 0 unspecified atom stereocenters. The zero-order chi connectivity index (χ0) is 19.4. The van der Waals surface area contributed by atoms with E-state index >= 15 is 0 Å². The summed E-state index contributed by atoms with van der Waals surface area (Å²) >= 11 is 0. The Hall–Kier alpha value is -2.22. The molecule has 2 fully saturated rings. The highest BCUT2D eigenvalue weighted by molar-refractivity contribution is 5.70. The van der Waals surface area contributed by atoms with Crippen molar-refractivity contribution in [3.63, 3.8) is 0 Å². The van der Waals surface area contributed by atoms with Crippen molar-refractivity contribution in [1.82, 2.24) is 9.88 Å². The van der Waals surface area contributed by atoms with Gasteiger partial charge in [-0.15, -0.1) is 12.3 Å². The molecular weight excluding hydrogens is 338 g/mol. The van der Waals surface area contributed by atoms with Crippen LogP contribution in [0.25, 0.3) is 0 Å². The second-order valence-electron chi connectivity index (χ2n) is 8.69. The Balaban J connectivity index is 1.58. The molecule has 0 N–H and O–H groups in total. The zero-order valence-corrected chi connectivity index (χ0v) is 16.8. The molecule has 5 nitrogen and oxygen atoms in total. The first kappa shape index (κ1) is 19.5. The van der Waals surface area contributed by atoms with Crippen molar-refractivity contribution in [2.45, 2.75) is 58.0 Å². The van der Waals surface area contributed by atoms with Gasteiger partial charge in [0, 0.05) is 62.2 Å². The van der Waals surface area contributed by atoms with Crippen LogP contribution in [-0.2, 0) is 4.74 Å². The molecule has 0 aliphatic carbocycles. The summed E-state index contributed by atoms with van der Waals surface area (Å²) in [6, 6.07) is 2.12. The largest absolute Gasteiger partial charge is 0.444 e. The molecule has 5 heteroatoms. The number of carbonyl (C=O) groups excluding carboxylic acids is 1. The summed E-state index contributed by atoms with van der Waals surface area (Å²) in [4.78, 5) is 20.8. The molecule has 3 heterocycles. The Morgan fingerprint density at radius 3 is 2.67 bits per heavy atom. The fourth-order valence-corrected chi connectivity index (χ4v) is 3.90. The predicted octanol–water partition coefficient (Wildman–Crippen LogP) is 4.05. The van der Waals surface area contributed by atoms with Gasteiger partial charge in [0.2, 0.25) is 0 Å². The smallest absolute Gasteiger partial charge is 0.410 e. The lowest BCUT2D eigenvalue weighted by Crippen LogP contribution is -2.50. The molecule has 0 bridgehead atoms. The fourth-order valence-electron chi connectivity index (χ4n) is 3.90. The lowest BCUT2D eigenvalue weighted by molar-refractivity contribution is 0.00819. The topological polar surface area (TPSA) is 45.7 Å². The lowest BCUT2D eigenvalue weighted by Gasteiger charge is -2.42. The average Bonchev–Trinajstić information content (AvgIpc) is 2.58. The number of terminal acetylenes is 1. The molecule has 0 radical (unpaired) electrons. The standard InChI is InChI=1S/C22H31N3O2/c1-5-6-7-17-9-12-24(13-10-17)20-8-11-23-14-19(20)18-15-25(16-18)21(26)27-22(2,3)4/h1,8,11,14,17-18H,6-7,9-10,12-13,15-16H2,2-4H3. The van der Waals surface area contributed by atoms with Crippen LogP contribution >= 0.6 is 0 Å². The van der Waals surface area contributed by atoms with E-state index in [1.54, 1.807) is 4.90 Å². The van der Waals surface area contributed by atoms with Gasteiger partial charge in [-0.05, 0) is 52.0 Å². The van der Waals surface area contributed by atoms with Gasteiger partial charge in [-0.1, -0.05) is 0 Å². The van der Waals surface area contributed by atoms with Crippen molar-refractivity contribution < 1.29 is 9.53 Å². The molecule has 3 rings (SSSR count). The summed E-state index contributed by atoms with van der Waals surface area (Å²) in [6.45, 7) is 9.22. The van der Waals surface area contributed by atoms with Crippen LogP contribution in [0, 0.1) is 18.3 Å². The molecule has 0 spiro atoms. The van der Waals surface area contributed by atoms with Gasteiger partial charge in [0.25, 0.3) is 0 Å². The number of aromatic nitrogens is 1. The van der Waals surface area contributed by atoms with Crippen LogP contribution in [-0.4, -0.2) is 47.8 Å². The van der Waals surface area contributed by atoms with Crippen LogP contribution in [0.1, 0.15) is 57.9 Å². The number of carbonyl (C=O) groups is 1. The summed E-state index contributed by atoms with van der Waals surface area (Å²) in [5.41, 5.74) is 2.07. The maximum Gasteiger partial charge on any atom is 0.410 e. The normalized spacial score (nSPS) is 18.7. The van der Waals surface area contributed by atoms with E-state index in [1.165, 1.54) is 24.1 Å². The van der Waals surface area contributed by atoms with Gasteiger partial charge < -0.3 is 14.5 Å². The Morgan fingerprint density at radius 2 is 2.04 bits per heavy atom. The van der Waals surface area contributed by atoms with E-state index < -0.39 is 5.60 Å². The van der Waals surface area contributed by atoms with Crippen molar-refractivity contribution in [3.05, 3.63) is 24.0 Å². The third kappa shape index (κ3) is 4.94. The maximum atomic E-state index is 12.2. The van der Waals surface area contributed by atoms with Crippen LogP contribution in [0.15, 0.2) is 18.5 Å². The minimum absolute atomic E-state index is 0.224. The van der Waals surface area contributed by atoms with E-state index in [9.17, 15) is 4.79 Å². The second-order valence-corrected chi connectivity index (χ2v) is 8.69. The van der Waals surface area contributed by atoms with E-state index in [0.717, 1.165) is 31.8 Å². The molecule has 1 aromatic rings. The van der Waals surface area contributed by atoms with Crippen LogP contribution < -0.4 is 4.90 Å². The first-order valence-corrected chi connectivity index (χ1v) is 9.97. The Bertz CT molecular complexity index is 690. The Morgan fingerprint density at radius 1 is 1.33 bits per heavy atom. The number of rotatable bonds is 4. The molecule has 1 aromatic heterocycles. The molecular formula is C22H31N3O2. The summed E-state index contributed by atoms with van der Waals surface area (Å²) < 4.78 is 5.46. The first-order valence-electron chi connectivity index (χ1n) is 9.97. The number of amides is 1. The van der Waals surface area contributed by atoms with Gasteiger partial charge in [-0.2, -0.15) is 0 Å². The van der Waals surface area contributed by atoms with Crippen LogP contribution in [0.2, 0.25) is 0 Å².